The van der Waals surface area contributed by atoms with Crippen LogP contribution in [0.5, 0.6) is 11.5 Å². The topological polar surface area (TPSA) is 72.8 Å². The van der Waals surface area contributed by atoms with Gasteiger partial charge in [0.15, 0.2) is 11.5 Å². The summed E-state index contributed by atoms with van der Waals surface area (Å²) in [6.07, 6.45) is 3.80. The zero-order chi connectivity index (χ0) is 22.4. The first kappa shape index (κ1) is 22.1. The van der Waals surface area contributed by atoms with Crippen LogP contribution in [0.15, 0.2) is 60.7 Å². The van der Waals surface area contributed by atoms with Crippen molar-refractivity contribution in [3.8, 4) is 11.5 Å². The molecule has 5 nitrogen and oxygen atoms in total. The van der Waals surface area contributed by atoms with E-state index in [1.807, 2.05) is 55.5 Å². The third kappa shape index (κ3) is 4.94. The number of unbranched alkanes of at least 4 members (excludes halogenated alkanes) is 1. The summed E-state index contributed by atoms with van der Waals surface area (Å²) in [5.74, 6) is -0.852. The molecule has 5 heteroatoms. The van der Waals surface area contributed by atoms with Gasteiger partial charge in [-0.2, -0.15) is 0 Å². The summed E-state index contributed by atoms with van der Waals surface area (Å²) < 4.78 is 11.1. The number of ether oxygens (including phenoxy) is 2. The SMILES string of the molecule is CCCC=C(C(=O)O)c1cc(OC)c(OC(C)=O)c2c(Cc3ccccc3)cccc12. The molecule has 160 valence electrons. The summed E-state index contributed by atoms with van der Waals surface area (Å²) >= 11 is 0. The summed E-state index contributed by atoms with van der Waals surface area (Å²) in [6, 6.07) is 17.3. The Morgan fingerprint density at radius 1 is 1.06 bits per heavy atom. The van der Waals surface area contributed by atoms with E-state index in [-0.39, 0.29) is 5.57 Å². The summed E-state index contributed by atoms with van der Waals surface area (Å²) in [5, 5.41) is 11.3. The average Bonchev–Trinajstić information content (AvgIpc) is 2.75. The molecule has 1 N–H and O–H groups in total. The van der Waals surface area contributed by atoms with E-state index in [4.69, 9.17) is 9.47 Å². The number of hydrogen-bond donors (Lipinski definition) is 1. The van der Waals surface area contributed by atoms with E-state index >= 15 is 0 Å². The number of carbonyl (C=O) groups excluding carboxylic acids is 1. The third-order valence-electron chi connectivity index (χ3n) is 5.03. The fourth-order valence-electron chi connectivity index (χ4n) is 3.67. The third-order valence-corrected chi connectivity index (χ3v) is 5.03. The second-order valence-corrected chi connectivity index (χ2v) is 7.26. The van der Waals surface area contributed by atoms with Gasteiger partial charge in [-0.1, -0.05) is 68.0 Å². The molecule has 0 spiro atoms. The predicted molar refractivity (Wildman–Crippen MR) is 122 cm³/mol. The molecule has 0 aliphatic heterocycles. The number of fused-ring (bicyclic) bond motifs is 1. The van der Waals surface area contributed by atoms with E-state index in [0.717, 1.165) is 17.5 Å². The van der Waals surface area contributed by atoms with Gasteiger partial charge in [-0.3, -0.25) is 4.79 Å². The van der Waals surface area contributed by atoms with Crippen LogP contribution in [-0.2, 0) is 16.0 Å². The van der Waals surface area contributed by atoms with E-state index in [9.17, 15) is 14.7 Å². The van der Waals surface area contributed by atoms with Gasteiger partial charge in [-0.15, -0.1) is 0 Å². The summed E-state index contributed by atoms with van der Waals surface area (Å²) in [7, 11) is 1.48. The number of carbonyl (C=O) groups is 2. The zero-order valence-electron chi connectivity index (χ0n) is 18.0. The van der Waals surface area contributed by atoms with Gasteiger partial charge in [-0.05, 0) is 35.4 Å². The Morgan fingerprint density at radius 3 is 2.42 bits per heavy atom. The molecular formula is C26H26O5. The van der Waals surface area contributed by atoms with Crippen molar-refractivity contribution >= 4 is 28.3 Å². The molecule has 0 atom stereocenters. The van der Waals surface area contributed by atoms with Crippen LogP contribution in [0.2, 0.25) is 0 Å². The van der Waals surface area contributed by atoms with Crippen molar-refractivity contribution in [2.75, 3.05) is 7.11 Å². The number of rotatable bonds is 8. The lowest BCUT2D eigenvalue weighted by Gasteiger charge is -2.18. The van der Waals surface area contributed by atoms with Crippen LogP contribution >= 0.6 is 0 Å². The highest BCUT2D eigenvalue weighted by molar-refractivity contribution is 6.20. The number of esters is 1. The minimum absolute atomic E-state index is 0.205. The van der Waals surface area contributed by atoms with Gasteiger partial charge in [-0.25, -0.2) is 4.79 Å². The predicted octanol–water partition coefficient (Wildman–Crippen LogP) is 5.63. The number of hydrogen-bond acceptors (Lipinski definition) is 4. The van der Waals surface area contributed by atoms with Crippen molar-refractivity contribution in [3.63, 3.8) is 0 Å². The van der Waals surface area contributed by atoms with Crippen LogP contribution in [0, 0.1) is 0 Å². The van der Waals surface area contributed by atoms with Crippen molar-refractivity contribution in [2.24, 2.45) is 0 Å². The Kier molecular flexibility index (Phi) is 7.08. The molecule has 0 heterocycles. The van der Waals surface area contributed by atoms with Crippen LogP contribution in [0.4, 0.5) is 0 Å². The minimum atomic E-state index is -1.01. The second kappa shape index (κ2) is 9.94. The highest BCUT2D eigenvalue weighted by Crippen LogP contribution is 2.43. The highest BCUT2D eigenvalue weighted by Gasteiger charge is 2.22. The summed E-state index contributed by atoms with van der Waals surface area (Å²) in [4.78, 5) is 24.0. The molecule has 0 saturated carbocycles. The first-order valence-corrected chi connectivity index (χ1v) is 10.2. The number of methoxy groups -OCH3 is 1. The highest BCUT2D eigenvalue weighted by atomic mass is 16.6. The van der Waals surface area contributed by atoms with Crippen LogP contribution in [-0.4, -0.2) is 24.2 Å². The molecule has 0 saturated heterocycles. The Balaban J connectivity index is 2.36. The number of carboxylic acid groups (broad SMARTS) is 1. The number of aliphatic carboxylic acids is 1. The van der Waals surface area contributed by atoms with Gasteiger partial charge in [0.2, 0.25) is 0 Å². The van der Waals surface area contributed by atoms with Crippen molar-refractivity contribution < 1.29 is 24.2 Å². The molecule has 0 fully saturated rings. The Hall–Kier alpha value is -3.60. The van der Waals surface area contributed by atoms with Gasteiger partial charge in [0.1, 0.15) is 0 Å². The normalized spacial score (nSPS) is 11.4. The standard InChI is InChI=1S/C26H26O5/c1-4-5-13-21(26(28)29)22-16-23(30-3)25(31-17(2)27)24-19(12-9-14-20(22)24)15-18-10-7-6-8-11-18/h6-14,16H,4-5,15H2,1-3H3,(H,28,29). The Bertz CT molecular complexity index is 1130. The molecule has 0 unspecified atom stereocenters. The van der Waals surface area contributed by atoms with Crippen molar-refractivity contribution in [3.05, 3.63) is 77.4 Å². The average molecular weight is 418 g/mol. The van der Waals surface area contributed by atoms with Crippen molar-refractivity contribution in [2.45, 2.75) is 33.1 Å². The Morgan fingerprint density at radius 2 is 1.81 bits per heavy atom. The van der Waals surface area contributed by atoms with Crippen LogP contribution < -0.4 is 9.47 Å². The molecule has 0 amide bonds. The maximum absolute atomic E-state index is 12.1. The molecule has 3 aromatic carbocycles. The molecule has 31 heavy (non-hydrogen) atoms. The first-order chi connectivity index (χ1) is 15.0. The number of allylic oxidation sites excluding steroid dienone is 1. The van der Waals surface area contributed by atoms with E-state index < -0.39 is 11.9 Å². The van der Waals surface area contributed by atoms with Crippen molar-refractivity contribution in [1.29, 1.82) is 0 Å². The first-order valence-electron chi connectivity index (χ1n) is 10.2. The largest absolute Gasteiger partial charge is 0.493 e. The molecule has 0 bridgehead atoms. The van der Waals surface area contributed by atoms with Crippen LogP contribution in [0.25, 0.3) is 16.3 Å². The van der Waals surface area contributed by atoms with Gasteiger partial charge >= 0.3 is 11.9 Å². The molecule has 0 aliphatic rings. The Labute approximate surface area is 181 Å². The minimum Gasteiger partial charge on any atom is -0.493 e. The summed E-state index contributed by atoms with van der Waals surface area (Å²) in [6.45, 7) is 3.33. The lowest BCUT2D eigenvalue weighted by atomic mass is 9.91. The van der Waals surface area contributed by atoms with E-state index in [1.54, 1.807) is 12.1 Å². The van der Waals surface area contributed by atoms with E-state index in [1.165, 1.54) is 14.0 Å². The molecule has 3 aromatic rings. The molecular weight excluding hydrogens is 392 g/mol. The van der Waals surface area contributed by atoms with E-state index in [2.05, 4.69) is 0 Å². The zero-order valence-corrected chi connectivity index (χ0v) is 18.0. The van der Waals surface area contributed by atoms with Crippen LogP contribution in [0.1, 0.15) is 43.4 Å². The van der Waals surface area contributed by atoms with Crippen LogP contribution in [0.3, 0.4) is 0 Å². The second-order valence-electron chi connectivity index (χ2n) is 7.26. The fourth-order valence-corrected chi connectivity index (χ4v) is 3.67. The number of benzene rings is 3. The smallest absolute Gasteiger partial charge is 0.335 e. The maximum atomic E-state index is 12.1. The molecule has 3 rings (SSSR count). The molecule has 0 aromatic heterocycles. The van der Waals surface area contributed by atoms with E-state index in [0.29, 0.717) is 40.7 Å². The molecule has 0 radical (unpaired) electrons. The lowest BCUT2D eigenvalue weighted by Crippen LogP contribution is -2.07. The van der Waals surface area contributed by atoms with Gasteiger partial charge in [0.25, 0.3) is 0 Å². The quantitative estimate of drug-likeness (QED) is 0.291. The molecule has 0 aliphatic carbocycles. The van der Waals surface area contributed by atoms with Crippen molar-refractivity contribution in [1.82, 2.24) is 0 Å². The fraction of sp³-hybridized carbons (Fsp3) is 0.231. The van der Waals surface area contributed by atoms with Gasteiger partial charge < -0.3 is 14.6 Å². The summed E-state index contributed by atoms with van der Waals surface area (Å²) in [5.41, 5.74) is 2.75. The monoisotopic (exact) mass is 418 g/mol. The van der Waals surface area contributed by atoms with Gasteiger partial charge in [0, 0.05) is 17.9 Å². The lowest BCUT2D eigenvalue weighted by molar-refractivity contribution is -0.132. The van der Waals surface area contributed by atoms with Gasteiger partial charge in [0.05, 0.1) is 12.7 Å². The number of carboxylic acids is 1. The maximum Gasteiger partial charge on any atom is 0.335 e.